The summed E-state index contributed by atoms with van der Waals surface area (Å²) in [6.45, 7) is 10.5. The van der Waals surface area contributed by atoms with Crippen molar-refractivity contribution >= 4 is 17.7 Å². The average Bonchev–Trinajstić information content (AvgIpc) is 3.02. The topological polar surface area (TPSA) is 69.5 Å². The SMILES string of the molecule is CC(C)O[C@H]1CC[C@H](c2nnc3n2-c2ccc(Cl)cc2CN(C(=O)OC(C)(C)C)C3)CC1. The van der Waals surface area contributed by atoms with E-state index in [1.165, 1.54) is 0 Å². The molecule has 2 aromatic rings. The van der Waals surface area contributed by atoms with E-state index in [9.17, 15) is 4.79 Å². The van der Waals surface area contributed by atoms with E-state index in [-0.39, 0.29) is 12.2 Å². The molecule has 0 saturated heterocycles. The highest BCUT2D eigenvalue weighted by molar-refractivity contribution is 6.30. The summed E-state index contributed by atoms with van der Waals surface area (Å²) in [4.78, 5) is 14.6. The highest BCUT2D eigenvalue weighted by Gasteiger charge is 2.33. The van der Waals surface area contributed by atoms with E-state index in [1.807, 2.05) is 39.0 Å². The Kier molecular flexibility index (Phi) is 6.50. The molecule has 1 amide bonds. The molecule has 32 heavy (non-hydrogen) atoms. The van der Waals surface area contributed by atoms with Gasteiger partial charge < -0.3 is 9.47 Å². The third-order valence-electron chi connectivity index (χ3n) is 5.89. The van der Waals surface area contributed by atoms with Gasteiger partial charge in [0.2, 0.25) is 0 Å². The predicted octanol–water partition coefficient (Wildman–Crippen LogP) is 5.62. The van der Waals surface area contributed by atoms with E-state index < -0.39 is 5.60 Å². The normalized spacial score (nSPS) is 21.2. The number of nitrogens with zero attached hydrogens (tertiary/aromatic N) is 4. The van der Waals surface area contributed by atoms with Crippen molar-refractivity contribution in [2.75, 3.05) is 0 Å². The summed E-state index contributed by atoms with van der Waals surface area (Å²) in [6.07, 6.45) is 4.24. The second kappa shape index (κ2) is 9.02. The van der Waals surface area contributed by atoms with Crippen LogP contribution in [0.25, 0.3) is 5.69 Å². The number of rotatable bonds is 3. The first kappa shape index (κ1) is 23.1. The van der Waals surface area contributed by atoms with Gasteiger partial charge >= 0.3 is 6.09 Å². The van der Waals surface area contributed by atoms with Crippen LogP contribution in [0.15, 0.2) is 18.2 Å². The molecule has 1 aliphatic carbocycles. The smallest absolute Gasteiger partial charge is 0.411 e. The first-order valence-electron chi connectivity index (χ1n) is 11.5. The summed E-state index contributed by atoms with van der Waals surface area (Å²) in [5.41, 5.74) is 1.37. The molecule has 2 aliphatic rings. The molecule has 0 bridgehead atoms. The number of aromatic nitrogens is 3. The monoisotopic (exact) mass is 460 g/mol. The molecule has 0 unspecified atom stereocenters. The van der Waals surface area contributed by atoms with E-state index >= 15 is 0 Å². The molecule has 0 radical (unpaired) electrons. The van der Waals surface area contributed by atoms with Crippen LogP contribution in [0, 0.1) is 0 Å². The van der Waals surface area contributed by atoms with Crippen LogP contribution in [0.3, 0.4) is 0 Å². The zero-order valence-electron chi connectivity index (χ0n) is 19.6. The lowest BCUT2D eigenvalue weighted by atomic mass is 9.86. The predicted molar refractivity (Wildman–Crippen MR) is 123 cm³/mol. The van der Waals surface area contributed by atoms with Crippen LogP contribution in [0.5, 0.6) is 0 Å². The Morgan fingerprint density at radius 3 is 2.50 bits per heavy atom. The van der Waals surface area contributed by atoms with Gasteiger partial charge in [-0.25, -0.2) is 4.79 Å². The van der Waals surface area contributed by atoms with Crippen LogP contribution in [0.4, 0.5) is 4.79 Å². The maximum absolute atomic E-state index is 12.9. The van der Waals surface area contributed by atoms with Gasteiger partial charge in [-0.1, -0.05) is 11.6 Å². The lowest BCUT2D eigenvalue weighted by molar-refractivity contribution is -0.0151. The molecule has 1 aliphatic heterocycles. The number of halogens is 1. The highest BCUT2D eigenvalue weighted by Crippen LogP contribution is 2.37. The quantitative estimate of drug-likeness (QED) is 0.594. The molecule has 1 aromatic heterocycles. The molecule has 1 saturated carbocycles. The van der Waals surface area contributed by atoms with Gasteiger partial charge in [-0.05, 0) is 84.1 Å². The van der Waals surface area contributed by atoms with Crippen LogP contribution in [0.2, 0.25) is 5.02 Å². The molecule has 1 aromatic carbocycles. The third-order valence-corrected chi connectivity index (χ3v) is 6.12. The minimum atomic E-state index is -0.573. The lowest BCUT2D eigenvalue weighted by Gasteiger charge is -2.29. The Hall–Kier alpha value is -2.12. The molecular weight excluding hydrogens is 428 g/mol. The van der Waals surface area contributed by atoms with Crippen LogP contribution in [-0.4, -0.2) is 43.6 Å². The van der Waals surface area contributed by atoms with E-state index in [0.29, 0.717) is 30.1 Å². The van der Waals surface area contributed by atoms with Gasteiger partial charge in [0, 0.05) is 10.9 Å². The fourth-order valence-electron chi connectivity index (χ4n) is 4.59. The van der Waals surface area contributed by atoms with E-state index in [2.05, 4.69) is 28.6 Å². The Morgan fingerprint density at radius 1 is 1.12 bits per heavy atom. The fourth-order valence-corrected chi connectivity index (χ4v) is 4.78. The maximum atomic E-state index is 12.9. The van der Waals surface area contributed by atoms with Crippen molar-refractivity contribution in [3.8, 4) is 5.69 Å². The highest BCUT2D eigenvalue weighted by atomic mass is 35.5. The number of benzene rings is 1. The van der Waals surface area contributed by atoms with E-state index in [4.69, 9.17) is 21.1 Å². The molecular formula is C24H33ClN4O3. The van der Waals surface area contributed by atoms with Crippen LogP contribution >= 0.6 is 11.6 Å². The molecule has 4 rings (SSSR count). The number of hydrogen-bond donors (Lipinski definition) is 0. The number of carbonyl (C=O) groups is 1. The fraction of sp³-hybridized carbons (Fsp3) is 0.625. The van der Waals surface area contributed by atoms with Gasteiger partial charge in [0.1, 0.15) is 11.4 Å². The second-order valence-electron chi connectivity index (χ2n) is 10.1. The summed E-state index contributed by atoms with van der Waals surface area (Å²) < 4.78 is 13.8. The summed E-state index contributed by atoms with van der Waals surface area (Å²) >= 11 is 6.32. The second-order valence-corrected chi connectivity index (χ2v) is 10.5. The molecule has 174 valence electrons. The molecule has 1 fully saturated rings. The Morgan fingerprint density at radius 2 is 1.84 bits per heavy atom. The largest absolute Gasteiger partial charge is 0.444 e. The standard InChI is InChI=1S/C24H33ClN4O3/c1-15(2)31-19-9-6-16(7-10-19)22-27-26-21-14-28(23(30)32-24(3,4)5)13-17-12-18(25)8-11-20(17)29(21)22/h8,11-12,15-16,19H,6-7,9-10,13-14H2,1-5H3/t16-,19-. The Bertz CT molecular complexity index is 974. The van der Waals surface area contributed by atoms with E-state index in [0.717, 1.165) is 48.6 Å². The number of carbonyl (C=O) groups excluding carboxylic acids is 1. The van der Waals surface area contributed by atoms with Gasteiger partial charge in [0.25, 0.3) is 0 Å². The minimum Gasteiger partial charge on any atom is -0.444 e. The van der Waals surface area contributed by atoms with Gasteiger partial charge in [-0.2, -0.15) is 0 Å². The number of ether oxygens (including phenoxy) is 2. The molecule has 0 N–H and O–H groups in total. The summed E-state index contributed by atoms with van der Waals surface area (Å²) in [6, 6.07) is 5.80. The zero-order valence-corrected chi connectivity index (χ0v) is 20.4. The molecule has 0 spiro atoms. The van der Waals surface area contributed by atoms with Crippen LogP contribution in [-0.2, 0) is 22.6 Å². The van der Waals surface area contributed by atoms with Crippen molar-refractivity contribution in [2.45, 2.75) is 97.1 Å². The number of hydrogen-bond acceptors (Lipinski definition) is 5. The molecule has 8 heteroatoms. The lowest BCUT2D eigenvalue weighted by Crippen LogP contribution is -2.35. The average molecular weight is 461 g/mol. The van der Waals surface area contributed by atoms with Crippen LogP contribution < -0.4 is 0 Å². The minimum absolute atomic E-state index is 0.247. The Labute approximate surface area is 195 Å². The van der Waals surface area contributed by atoms with Crippen molar-refractivity contribution in [3.05, 3.63) is 40.4 Å². The van der Waals surface area contributed by atoms with Crippen molar-refractivity contribution < 1.29 is 14.3 Å². The van der Waals surface area contributed by atoms with Crippen molar-refractivity contribution in [3.63, 3.8) is 0 Å². The maximum Gasteiger partial charge on any atom is 0.411 e. The molecule has 2 heterocycles. The van der Waals surface area contributed by atoms with E-state index in [1.54, 1.807) is 4.90 Å². The first-order valence-corrected chi connectivity index (χ1v) is 11.8. The first-order chi connectivity index (χ1) is 15.1. The number of amides is 1. The van der Waals surface area contributed by atoms with Gasteiger partial charge in [0.05, 0.1) is 31.0 Å². The zero-order chi connectivity index (χ0) is 23.0. The summed E-state index contributed by atoms with van der Waals surface area (Å²) in [5.74, 6) is 2.00. The Balaban J connectivity index is 1.65. The van der Waals surface area contributed by atoms with Crippen LogP contribution in [0.1, 0.15) is 83.4 Å². The molecule has 0 atom stereocenters. The summed E-state index contributed by atoms with van der Waals surface area (Å²) in [7, 11) is 0. The van der Waals surface area contributed by atoms with Gasteiger partial charge in [-0.3, -0.25) is 9.47 Å². The summed E-state index contributed by atoms with van der Waals surface area (Å²) in [5, 5.41) is 9.74. The third kappa shape index (κ3) is 5.09. The number of fused-ring (bicyclic) bond motifs is 3. The van der Waals surface area contributed by atoms with Gasteiger partial charge in [0.15, 0.2) is 5.82 Å². The van der Waals surface area contributed by atoms with Crippen molar-refractivity contribution in [1.29, 1.82) is 0 Å². The van der Waals surface area contributed by atoms with Crippen molar-refractivity contribution in [1.82, 2.24) is 19.7 Å². The molecule has 7 nitrogen and oxygen atoms in total. The van der Waals surface area contributed by atoms with Crippen molar-refractivity contribution in [2.24, 2.45) is 0 Å². The van der Waals surface area contributed by atoms with Gasteiger partial charge in [-0.15, -0.1) is 10.2 Å².